The van der Waals surface area contributed by atoms with Gasteiger partial charge in [0.1, 0.15) is 0 Å². The van der Waals surface area contributed by atoms with Gasteiger partial charge in [-0.25, -0.2) is 9.37 Å². The molecule has 0 amide bonds. The van der Waals surface area contributed by atoms with Gasteiger partial charge in [-0.15, -0.1) is 0 Å². The lowest BCUT2D eigenvalue weighted by Gasteiger charge is -2.32. The zero-order valence-corrected chi connectivity index (χ0v) is 11.2. The maximum Gasteiger partial charge on any atom is 0.170 e. The molecule has 2 rings (SSSR count). The molecule has 1 aliphatic heterocycles. The second-order valence-corrected chi connectivity index (χ2v) is 5.08. The Morgan fingerprint density at radius 3 is 3.11 bits per heavy atom. The largest absolute Gasteiger partial charge is 0.354 e. The molecule has 4 heteroatoms. The van der Waals surface area contributed by atoms with E-state index in [-0.39, 0.29) is 5.82 Å². The maximum absolute atomic E-state index is 14.4. The molecule has 1 saturated heterocycles. The molecule has 100 valence electrons. The molecule has 2 heterocycles. The van der Waals surface area contributed by atoms with Crippen LogP contribution in [0.2, 0.25) is 0 Å². The third-order valence-electron chi connectivity index (χ3n) is 3.47. The van der Waals surface area contributed by atoms with Crippen molar-refractivity contribution in [2.45, 2.75) is 33.2 Å². The molecule has 1 unspecified atom stereocenters. The molecule has 1 N–H and O–H groups in total. The number of halogens is 1. The molecule has 0 saturated carbocycles. The van der Waals surface area contributed by atoms with Crippen LogP contribution in [-0.4, -0.2) is 24.6 Å². The Morgan fingerprint density at radius 1 is 1.56 bits per heavy atom. The van der Waals surface area contributed by atoms with Crippen molar-refractivity contribution in [3.8, 4) is 0 Å². The molecule has 1 fully saturated rings. The minimum Gasteiger partial charge on any atom is -0.354 e. The summed E-state index contributed by atoms with van der Waals surface area (Å²) in [4.78, 5) is 6.31. The molecule has 0 aromatic carbocycles. The van der Waals surface area contributed by atoms with Gasteiger partial charge < -0.3 is 10.2 Å². The molecule has 1 aromatic rings. The Balaban J connectivity index is 2.16. The van der Waals surface area contributed by atoms with Crippen molar-refractivity contribution >= 4 is 5.82 Å². The fourth-order valence-corrected chi connectivity index (χ4v) is 2.47. The molecule has 1 aliphatic rings. The fraction of sp³-hybridized carbons (Fsp3) is 0.643. The smallest absolute Gasteiger partial charge is 0.170 e. The summed E-state index contributed by atoms with van der Waals surface area (Å²) in [5, 5.41) is 3.16. The standard InChI is InChI=1S/C14H22FN3/c1-3-16-9-12-6-7-17-14(13(12)15)18-8-4-5-11(2)10-18/h6-7,11,16H,3-5,8-10H2,1-2H3. The number of anilines is 1. The van der Waals surface area contributed by atoms with Crippen molar-refractivity contribution in [1.29, 1.82) is 0 Å². The second-order valence-electron chi connectivity index (χ2n) is 5.08. The Morgan fingerprint density at radius 2 is 2.39 bits per heavy atom. The summed E-state index contributed by atoms with van der Waals surface area (Å²) in [6, 6.07) is 1.76. The third-order valence-corrected chi connectivity index (χ3v) is 3.47. The van der Waals surface area contributed by atoms with E-state index in [0.29, 0.717) is 23.8 Å². The number of pyridine rings is 1. The summed E-state index contributed by atoms with van der Waals surface area (Å²) in [5.74, 6) is 0.988. The third kappa shape index (κ3) is 2.99. The first kappa shape index (κ1) is 13.3. The van der Waals surface area contributed by atoms with Crippen LogP contribution < -0.4 is 10.2 Å². The van der Waals surface area contributed by atoms with Crippen LogP contribution in [0.5, 0.6) is 0 Å². The number of nitrogens with zero attached hydrogens (tertiary/aromatic N) is 2. The first-order valence-corrected chi connectivity index (χ1v) is 6.81. The Bertz CT molecular complexity index is 395. The van der Waals surface area contributed by atoms with Gasteiger partial charge in [0.15, 0.2) is 11.6 Å². The average molecular weight is 251 g/mol. The minimum absolute atomic E-state index is 0.160. The average Bonchev–Trinajstić information content (AvgIpc) is 2.37. The monoisotopic (exact) mass is 251 g/mol. The zero-order chi connectivity index (χ0) is 13.0. The highest BCUT2D eigenvalue weighted by Crippen LogP contribution is 2.25. The van der Waals surface area contributed by atoms with E-state index >= 15 is 0 Å². The van der Waals surface area contributed by atoms with Crippen molar-refractivity contribution in [3.05, 3.63) is 23.6 Å². The minimum atomic E-state index is -0.160. The molecule has 18 heavy (non-hydrogen) atoms. The van der Waals surface area contributed by atoms with E-state index in [1.165, 1.54) is 6.42 Å². The first-order chi connectivity index (χ1) is 8.72. The molecule has 0 aliphatic carbocycles. The van der Waals surface area contributed by atoms with Crippen LogP contribution in [0.1, 0.15) is 32.3 Å². The zero-order valence-electron chi connectivity index (χ0n) is 11.2. The Kier molecular flexibility index (Phi) is 4.53. The molecule has 0 radical (unpaired) electrons. The number of nitrogens with one attached hydrogen (secondary N) is 1. The van der Waals surface area contributed by atoms with E-state index in [1.807, 2.05) is 6.92 Å². The van der Waals surface area contributed by atoms with Gasteiger partial charge in [-0.05, 0) is 31.4 Å². The predicted octanol–water partition coefficient (Wildman–Crippen LogP) is 2.57. The van der Waals surface area contributed by atoms with Gasteiger partial charge in [0.25, 0.3) is 0 Å². The quantitative estimate of drug-likeness (QED) is 0.891. The lowest BCUT2D eigenvalue weighted by molar-refractivity contribution is 0.438. The van der Waals surface area contributed by atoms with Crippen LogP contribution in [0.25, 0.3) is 0 Å². The number of piperidine rings is 1. The summed E-state index contributed by atoms with van der Waals surface area (Å²) in [6.45, 7) is 7.48. The number of aromatic nitrogens is 1. The number of hydrogen-bond acceptors (Lipinski definition) is 3. The lowest BCUT2D eigenvalue weighted by atomic mass is 10.0. The van der Waals surface area contributed by atoms with Crippen LogP contribution in [-0.2, 0) is 6.54 Å². The van der Waals surface area contributed by atoms with Gasteiger partial charge in [0.2, 0.25) is 0 Å². The predicted molar refractivity (Wildman–Crippen MR) is 72.2 cm³/mol. The molecule has 3 nitrogen and oxygen atoms in total. The van der Waals surface area contributed by atoms with Crippen molar-refractivity contribution in [3.63, 3.8) is 0 Å². The van der Waals surface area contributed by atoms with Crippen LogP contribution in [0.3, 0.4) is 0 Å². The summed E-state index contributed by atoms with van der Waals surface area (Å²) >= 11 is 0. The van der Waals surface area contributed by atoms with Gasteiger partial charge in [-0.1, -0.05) is 13.8 Å². The van der Waals surface area contributed by atoms with E-state index < -0.39 is 0 Å². The van der Waals surface area contributed by atoms with Crippen molar-refractivity contribution < 1.29 is 4.39 Å². The van der Waals surface area contributed by atoms with Gasteiger partial charge >= 0.3 is 0 Å². The SMILES string of the molecule is CCNCc1ccnc(N2CCCC(C)C2)c1F. The highest BCUT2D eigenvalue weighted by molar-refractivity contribution is 5.43. The van der Waals surface area contributed by atoms with Crippen LogP contribution in [0.15, 0.2) is 12.3 Å². The Labute approximate surface area is 108 Å². The van der Waals surface area contributed by atoms with Crippen LogP contribution in [0, 0.1) is 11.7 Å². The number of rotatable bonds is 4. The summed E-state index contributed by atoms with van der Waals surface area (Å²) < 4.78 is 14.4. The van der Waals surface area contributed by atoms with Crippen molar-refractivity contribution in [2.24, 2.45) is 5.92 Å². The Hall–Kier alpha value is -1.16. The van der Waals surface area contributed by atoms with E-state index in [4.69, 9.17) is 0 Å². The van der Waals surface area contributed by atoms with Crippen LogP contribution >= 0.6 is 0 Å². The number of hydrogen-bond donors (Lipinski definition) is 1. The molecule has 0 spiro atoms. The lowest BCUT2D eigenvalue weighted by Crippen LogP contribution is -2.35. The fourth-order valence-electron chi connectivity index (χ4n) is 2.47. The topological polar surface area (TPSA) is 28.2 Å². The maximum atomic E-state index is 14.4. The summed E-state index contributed by atoms with van der Waals surface area (Å²) in [7, 11) is 0. The first-order valence-electron chi connectivity index (χ1n) is 6.81. The summed E-state index contributed by atoms with van der Waals surface area (Å²) in [5.41, 5.74) is 0.708. The molecule has 1 atom stereocenters. The van der Waals surface area contributed by atoms with E-state index in [9.17, 15) is 4.39 Å². The molecular formula is C14H22FN3. The normalized spacial score (nSPS) is 20.2. The van der Waals surface area contributed by atoms with Crippen LogP contribution in [0.4, 0.5) is 10.2 Å². The van der Waals surface area contributed by atoms with Crippen molar-refractivity contribution in [2.75, 3.05) is 24.5 Å². The van der Waals surface area contributed by atoms with Gasteiger partial charge in [0, 0.05) is 31.4 Å². The van der Waals surface area contributed by atoms with Gasteiger partial charge in [-0.2, -0.15) is 0 Å². The van der Waals surface area contributed by atoms with E-state index in [2.05, 4.69) is 22.1 Å². The molecule has 1 aromatic heterocycles. The highest BCUT2D eigenvalue weighted by Gasteiger charge is 2.21. The second kappa shape index (κ2) is 6.14. The molecule has 0 bridgehead atoms. The van der Waals surface area contributed by atoms with E-state index in [0.717, 1.165) is 26.1 Å². The van der Waals surface area contributed by atoms with Crippen molar-refractivity contribution in [1.82, 2.24) is 10.3 Å². The highest BCUT2D eigenvalue weighted by atomic mass is 19.1. The molecular weight excluding hydrogens is 229 g/mol. The summed E-state index contributed by atoms with van der Waals surface area (Å²) in [6.07, 6.45) is 4.07. The van der Waals surface area contributed by atoms with Gasteiger partial charge in [-0.3, -0.25) is 0 Å². The van der Waals surface area contributed by atoms with Gasteiger partial charge in [0.05, 0.1) is 0 Å². The van der Waals surface area contributed by atoms with E-state index in [1.54, 1.807) is 12.3 Å².